The van der Waals surface area contributed by atoms with E-state index in [2.05, 4.69) is 13.0 Å². The number of amides is 1. The van der Waals surface area contributed by atoms with E-state index in [0.717, 1.165) is 19.4 Å². The Morgan fingerprint density at radius 3 is 2.87 bits per heavy atom. The molecule has 1 aliphatic rings. The highest BCUT2D eigenvalue weighted by Gasteiger charge is 2.27. The van der Waals surface area contributed by atoms with Gasteiger partial charge < -0.3 is 4.90 Å². The first-order valence-electron chi connectivity index (χ1n) is 5.90. The third kappa shape index (κ3) is 2.95. The zero-order chi connectivity index (χ0) is 11.3. The summed E-state index contributed by atoms with van der Waals surface area (Å²) in [6, 6.07) is 2.41. The highest BCUT2D eigenvalue weighted by atomic mass is 16.2. The van der Waals surface area contributed by atoms with Crippen LogP contribution >= 0.6 is 0 Å². The maximum Gasteiger partial charge on any atom is 0.240 e. The third-order valence-corrected chi connectivity index (χ3v) is 3.20. The molecule has 0 spiro atoms. The molecule has 1 heterocycles. The van der Waals surface area contributed by atoms with Gasteiger partial charge in [-0.05, 0) is 26.2 Å². The third-order valence-electron chi connectivity index (χ3n) is 3.20. The van der Waals surface area contributed by atoms with Gasteiger partial charge in [0.1, 0.15) is 5.92 Å². The van der Waals surface area contributed by atoms with Crippen molar-refractivity contribution in [2.24, 2.45) is 5.92 Å². The van der Waals surface area contributed by atoms with E-state index in [4.69, 9.17) is 5.26 Å². The van der Waals surface area contributed by atoms with Crippen molar-refractivity contribution >= 4 is 5.91 Å². The average Bonchev–Trinajstić information content (AvgIpc) is 2.44. The van der Waals surface area contributed by atoms with Gasteiger partial charge in [0.2, 0.25) is 5.91 Å². The average molecular weight is 208 g/mol. The van der Waals surface area contributed by atoms with Crippen LogP contribution in [0.4, 0.5) is 0 Å². The van der Waals surface area contributed by atoms with Gasteiger partial charge in [0.25, 0.3) is 0 Å². The summed E-state index contributed by atoms with van der Waals surface area (Å²) >= 11 is 0. The largest absolute Gasteiger partial charge is 0.339 e. The fraction of sp³-hybridized carbons (Fsp3) is 0.833. The van der Waals surface area contributed by atoms with Crippen molar-refractivity contribution in [3.05, 3.63) is 0 Å². The number of carbonyl (C=O) groups is 1. The molecule has 15 heavy (non-hydrogen) atoms. The summed E-state index contributed by atoms with van der Waals surface area (Å²) in [4.78, 5) is 13.9. The molecule has 84 valence electrons. The molecule has 0 aromatic carbocycles. The normalized spacial score (nSPS) is 24.1. The highest BCUT2D eigenvalue weighted by molar-refractivity contribution is 5.81. The summed E-state index contributed by atoms with van der Waals surface area (Å²) in [6.07, 6.45) is 5.19. The van der Waals surface area contributed by atoms with Crippen LogP contribution in [0, 0.1) is 17.2 Å². The van der Waals surface area contributed by atoms with Crippen molar-refractivity contribution < 1.29 is 4.79 Å². The van der Waals surface area contributed by atoms with E-state index >= 15 is 0 Å². The Hall–Kier alpha value is -1.04. The predicted molar refractivity (Wildman–Crippen MR) is 59.0 cm³/mol. The van der Waals surface area contributed by atoms with Gasteiger partial charge in [0, 0.05) is 12.6 Å². The van der Waals surface area contributed by atoms with E-state index in [1.807, 2.05) is 11.8 Å². The predicted octanol–water partition coefficient (Wildman–Crippen LogP) is 2.33. The van der Waals surface area contributed by atoms with Crippen LogP contribution in [0.15, 0.2) is 0 Å². The lowest BCUT2D eigenvalue weighted by Gasteiger charge is -2.28. The second-order valence-corrected chi connectivity index (χ2v) is 4.32. The van der Waals surface area contributed by atoms with Gasteiger partial charge in [0.05, 0.1) is 6.07 Å². The van der Waals surface area contributed by atoms with Crippen LogP contribution in [-0.4, -0.2) is 23.4 Å². The van der Waals surface area contributed by atoms with E-state index in [1.54, 1.807) is 0 Å². The van der Waals surface area contributed by atoms with E-state index < -0.39 is 5.92 Å². The molecule has 2 atom stereocenters. The van der Waals surface area contributed by atoms with Crippen molar-refractivity contribution in [1.82, 2.24) is 4.90 Å². The van der Waals surface area contributed by atoms with Crippen molar-refractivity contribution in [1.29, 1.82) is 5.26 Å². The Kier molecular flexibility index (Phi) is 4.61. The zero-order valence-corrected chi connectivity index (χ0v) is 9.70. The Labute approximate surface area is 92.1 Å². The minimum Gasteiger partial charge on any atom is -0.339 e. The molecule has 2 unspecified atom stereocenters. The van der Waals surface area contributed by atoms with Crippen LogP contribution in [0.3, 0.4) is 0 Å². The summed E-state index contributed by atoms with van der Waals surface area (Å²) in [6.45, 7) is 4.82. The molecule has 1 saturated heterocycles. The van der Waals surface area contributed by atoms with Crippen molar-refractivity contribution in [3.63, 3.8) is 0 Å². The quantitative estimate of drug-likeness (QED) is 0.699. The zero-order valence-electron chi connectivity index (χ0n) is 9.70. The standard InChI is InChI=1S/C12H20N2O/c1-3-11(9-13)12(15)14-8-6-4-5-7-10(14)2/h10-11H,3-8H2,1-2H3. The van der Waals surface area contributed by atoms with Gasteiger partial charge in [0.15, 0.2) is 0 Å². The first-order valence-corrected chi connectivity index (χ1v) is 5.90. The number of nitriles is 1. The van der Waals surface area contributed by atoms with E-state index in [1.165, 1.54) is 12.8 Å². The van der Waals surface area contributed by atoms with Gasteiger partial charge in [-0.25, -0.2) is 0 Å². The van der Waals surface area contributed by atoms with Crippen LogP contribution in [0.5, 0.6) is 0 Å². The molecular formula is C12H20N2O. The lowest BCUT2D eigenvalue weighted by Crippen LogP contribution is -2.41. The molecule has 3 nitrogen and oxygen atoms in total. The maximum atomic E-state index is 12.0. The molecule has 0 bridgehead atoms. The number of hydrogen-bond donors (Lipinski definition) is 0. The molecule has 0 N–H and O–H groups in total. The van der Waals surface area contributed by atoms with Crippen molar-refractivity contribution in [2.45, 2.75) is 52.0 Å². The molecule has 0 radical (unpaired) electrons. The van der Waals surface area contributed by atoms with E-state index in [9.17, 15) is 4.79 Å². The second kappa shape index (κ2) is 5.75. The molecular weight excluding hydrogens is 188 g/mol. The lowest BCUT2D eigenvalue weighted by atomic mass is 10.1. The molecule has 3 heteroatoms. The van der Waals surface area contributed by atoms with Crippen LogP contribution in [-0.2, 0) is 4.79 Å². The number of rotatable bonds is 2. The van der Waals surface area contributed by atoms with Gasteiger partial charge in [-0.2, -0.15) is 5.26 Å². The molecule has 1 fully saturated rings. The van der Waals surface area contributed by atoms with Crippen LogP contribution in [0.25, 0.3) is 0 Å². The fourth-order valence-electron chi connectivity index (χ4n) is 2.12. The molecule has 0 aliphatic carbocycles. The summed E-state index contributed by atoms with van der Waals surface area (Å²) in [5.74, 6) is -0.403. The van der Waals surface area contributed by atoms with Crippen LogP contribution in [0.1, 0.15) is 46.0 Å². The Morgan fingerprint density at radius 2 is 2.27 bits per heavy atom. The Morgan fingerprint density at radius 1 is 1.53 bits per heavy atom. The van der Waals surface area contributed by atoms with Crippen LogP contribution < -0.4 is 0 Å². The van der Waals surface area contributed by atoms with E-state index in [-0.39, 0.29) is 5.91 Å². The molecule has 0 saturated carbocycles. The minimum atomic E-state index is -0.439. The topological polar surface area (TPSA) is 44.1 Å². The monoisotopic (exact) mass is 208 g/mol. The van der Waals surface area contributed by atoms with Gasteiger partial charge in [-0.15, -0.1) is 0 Å². The molecule has 1 aliphatic heterocycles. The van der Waals surface area contributed by atoms with Crippen LogP contribution in [0.2, 0.25) is 0 Å². The Bertz CT molecular complexity index is 257. The first-order chi connectivity index (χ1) is 7.20. The fourth-order valence-corrected chi connectivity index (χ4v) is 2.12. The lowest BCUT2D eigenvalue weighted by molar-refractivity contribution is -0.135. The van der Waals surface area contributed by atoms with Gasteiger partial charge in [-0.1, -0.05) is 19.8 Å². The minimum absolute atomic E-state index is 0.0365. The highest BCUT2D eigenvalue weighted by Crippen LogP contribution is 2.19. The Balaban J connectivity index is 2.67. The van der Waals surface area contributed by atoms with Crippen molar-refractivity contribution in [3.8, 4) is 6.07 Å². The van der Waals surface area contributed by atoms with Gasteiger partial charge in [-0.3, -0.25) is 4.79 Å². The van der Waals surface area contributed by atoms with Crippen molar-refractivity contribution in [2.75, 3.05) is 6.54 Å². The number of likely N-dealkylation sites (tertiary alicyclic amines) is 1. The molecule has 0 aromatic heterocycles. The van der Waals surface area contributed by atoms with E-state index in [0.29, 0.717) is 12.5 Å². The van der Waals surface area contributed by atoms with Gasteiger partial charge >= 0.3 is 0 Å². The summed E-state index contributed by atoms with van der Waals surface area (Å²) in [5, 5.41) is 8.89. The SMILES string of the molecule is CCC(C#N)C(=O)N1CCCCCC1C. The number of hydrogen-bond acceptors (Lipinski definition) is 2. The number of carbonyl (C=O) groups excluding carboxylic acids is 1. The summed E-state index contributed by atoms with van der Waals surface area (Å²) < 4.78 is 0. The molecule has 1 rings (SSSR count). The summed E-state index contributed by atoms with van der Waals surface area (Å²) in [5.41, 5.74) is 0. The first kappa shape index (κ1) is 12.0. The maximum absolute atomic E-state index is 12.0. The molecule has 1 amide bonds. The number of nitrogens with zero attached hydrogens (tertiary/aromatic N) is 2. The summed E-state index contributed by atoms with van der Waals surface area (Å²) in [7, 11) is 0. The smallest absolute Gasteiger partial charge is 0.240 e. The second-order valence-electron chi connectivity index (χ2n) is 4.32. The molecule has 0 aromatic rings.